The molecule has 0 atom stereocenters. The zero-order valence-corrected chi connectivity index (χ0v) is 7.87. The number of pyridine rings is 1. The summed E-state index contributed by atoms with van der Waals surface area (Å²) in [4.78, 5) is 21.2. The van der Waals surface area contributed by atoms with Crippen LogP contribution in [0.2, 0.25) is 0 Å². The zero-order valence-electron chi connectivity index (χ0n) is 6.28. The largest absolute Gasteiger partial charge is 0.476 e. The fraction of sp³-hybridized carbons (Fsp3) is 0. The van der Waals surface area contributed by atoms with Crippen LogP contribution in [0.4, 0.5) is 0 Å². The maximum absolute atomic E-state index is 10.7. The maximum Gasteiger partial charge on any atom is 0.355 e. The third kappa shape index (κ3) is 1.29. The molecule has 0 aliphatic rings. The third-order valence-electron chi connectivity index (χ3n) is 1.57. The van der Waals surface area contributed by atoms with Gasteiger partial charge in [-0.05, 0) is 22.0 Å². The lowest BCUT2D eigenvalue weighted by Crippen LogP contribution is -2.01. The van der Waals surface area contributed by atoms with Gasteiger partial charge in [0, 0.05) is 0 Å². The van der Waals surface area contributed by atoms with Gasteiger partial charge in [0.15, 0.2) is 11.3 Å². The summed E-state index contributed by atoms with van der Waals surface area (Å²) in [6.07, 6.45) is 1.47. The molecule has 66 valence electrons. The van der Waals surface area contributed by atoms with Crippen molar-refractivity contribution in [3.63, 3.8) is 0 Å². The number of nitrogens with zero attached hydrogens (tertiary/aromatic N) is 2. The first-order valence-electron chi connectivity index (χ1n) is 3.41. The first kappa shape index (κ1) is 8.18. The van der Waals surface area contributed by atoms with Crippen LogP contribution in [0.5, 0.6) is 0 Å². The van der Waals surface area contributed by atoms with Crippen molar-refractivity contribution < 1.29 is 9.90 Å². The van der Waals surface area contributed by atoms with Crippen molar-refractivity contribution >= 4 is 33.1 Å². The third-order valence-corrected chi connectivity index (χ3v) is 2.17. The average Bonchev–Trinajstić information content (AvgIpc) is 2.48. The van der Waals surface area contributed by atoms with E-state index in [-0.39, 0.29) is 5.69 Å². The summed E-state index contributed by atoms with van der Waals surface area (Å²) >= 11 is 3.11. The van der Waals surface area contributed by atoms with Crippen LogP contribution in [0.1, 0.15) is 10.5 Å². The number of fused-ring (bicyclic) bond motifs is 1. The Morgan fingerprint density at radius 1 is 1.62 bits per heavy atom. The van der Waals surface area contributed by atoms with Crippen LogP contribution in [-0.2, 0) is 0 Å². The van der Waals surface area contributed by atoms with Crippen LogP contribution in [0.3, 0.4) is 0 Å². The van der Waals surface area contributed by atoms with E-state index in [0.29, 0.717) is 15.6 Å². The molecule has 13 heavy (non-hydrogen) atoms. The predicted molar refractivity (Wildman–Crippen MR) is 48.5 cm³/mol. The Morgan fingerprint density at radius 2 is 2.38 bits per heavy atom. The minimum atomic E-state index is -1.07. The molecule has 0 aromatic carbocycles. The molecule has 2 N–H and O–H groups in total. The minimum absolute atomic E-state index is 0.0281. The molecule has 0 spiro atoms. The molecule has 0 saturated heterocycles. The van der Waals surface area contributed by atoms with Gasteiger partial charge in [0.05, 0.1) is 16.3 Å². The first-order valence-corrected chi connectivity index (χ1v) is 4.20. The lowest BCUT2D eigenvalue weighted by molar-refractivity contribution is 0.0690. The van der Waals surface area contributed by atoms with Crippen molar-refractivity contribution in [2.45, 2.75) is 0 Å². The Morgan fingerprint density at radius 3 is 3.08 bits per heavy atom. The molecule has 2 aromatic rings. The van der Waals surface area contributed by atoms with Gasteiger partial charge in [0.1, 0.15) is 0 Å². The Labute approximate surface area is 80.9 Å². The van der Waals surface area contributed by atoms with Crippen LogP contribution < -0.4 is 0 Å². The van der Waals surface area contributed by atoms with Gasteiger partial charge in [0.2, 0.25) is 0 Å². The molecule has 2 heterocycles. The smallest absolute Gasteiger partial charge is 0.355 e. The number of halogens is 1. The van der Waals surface area contributed by atoms with Crippen molar-refractivity contribution in [2.75, 3.05) is 0 Å². The summed E-state index contributed by atoms with van der Waals surface area (Å²) in [7, 11) is 0. The molecule has 0 bridgehead atoms. The molecule has 0 amide bonds. The van der Waals surface area contributed by atoms with Crippen molar-refractivity contribution in [1.82, 2.24) is 15.0 Å². The SMILES string of the molecule is O=C(O)c1nc2nc[nH]c2cc1Br. The average molecular weight is 242 g/mol. The maximum atomic E-state index is 10.7. The van der Waals surface area contributed by atoms with Crippen molar-refractivity contribution in [3.05, 3.63) is 22.6 Å². The number of rotatable bonds is 1. The monoisotopic (exact) mass is 241 g/mol. The highest BCUT2D eigenvalue weighted by molar-refractivity contribution is 9.10. The standard InChI is InChI=1S/C7H4BrN3O2/c8-3-1-4-6(10-2-9-4)11-5(3)7(12)13/h1-2H,(H,12,13)(H,9,10,11). The van der Waals surface area contributed by atoms with Gasteiger partial charge in [-0.1, -0.05) is 0 Å². The minimum Gasteiger partial charge on any atom is -0.476 e. The highest BCUT2D eigenvalue weighted by Gasteiger charge is 2.12. The topological polar surface area (TPSA) is 78.9 Å². The second kappa shape index (κ2) is 2.81. The van der Waals surface area contributed by atoms with Gasteiger partial charge in [-0.25, -0.2) is 14.8 Å². The van der Waals surface area contributed by atoms with E-state index in [9.17, 15) is 4.79 Å². The number of hydrogen-bond donors (Lipinski definition) is 2. The predicted octanol–water partition coefficient (Wildman–Crippen LogP) is 1.42. The molecular formula is C7H4BrN3O2. The fourth-order valence-electron chi connectivity index (χ4n) is 0.997. The van der Waals surface area contributed by atoms with Crippen molar-refractivity contribution in [2.24, 2.45) is 0 Å². The van der Waals surface area contributed by atoms with Crippen LogP contribution in [-0.4, -0.2) is 26.0 Å². The number of aromatic amines is 1. The number of carboxylic acid groups (broad SMARTS) is 1. The first-order chi connectivity index (χ1) is 6.18. The molecular weight excluding hydrogens is 238 g/mol. The molecule has 0 aliphatic heterocycles. The number of hydrogen-bond acceptors (Lipinski definition) is 3. The number of nitrogens with one attached hydrogen (secondary N) is 1. The Bertz CT molecular complexity index is 480. The van der Waals surface area contributed by atoms with E-state index < -0.39 is 5.97 Å². The molecule has 0 fully saturated rings. The summed E-state index contributed by atoms with van der Waals surface area (Å²) in [5.74, 6) is -1.07. The van der Waals surface area contributed by atoms with E-state index in [4.69, 9.17) is 5.11 Å². The summed E-state index contributed by atoms with van der Waals surface area (Å²) in [6.45, 7) is 0. The number of imidazole rings is 1. The molecule has 0 radical (unpaired) electrons. The van der Waals surface area contributed by atoms with E-state index in [1.165, 1.54) is 6.33 Å². The number of carbonyl (C=O) groups is 1. The van der Waals surface area contributed by atoms with Gasteiger partial charge in [-0.2, -0.15) is 0 Å². The summed E-state index contributed by atoms with van der Waals surface area (Å²) in [5.41, 5.74) is 1.08. The highest BCUT2D eigenvalue weighted by Crippen LogP contribution is 2.18. The number of aromatic carboxylic acids is 1. The van der Waals surface area contributed by atoms with E-state index in [1.54, 1.807) is 6.07 Å². The highest BCUT2D eigenvalue weighted by atomic mass is 79.9. The van der Waals surface area contributed by atoms with Crippen molar-refractivity contribution in [3.8, 4) is 0 Å². The normalized spacial score (nSPS) is 10.5. The van der Waals surface area contributed by atoms with Crippen LogP contribution in [0.25, 0.3) is 11.2 Å². The van der Waals surface area contributed by atoms with Gasteiger partial charge in [-0.3, -0.25) is 0 Å². The molecule has 5 nitrogen and oxygen atoms in total. The van der Waals surface area contributed by atoms with Crippen LogP contribution >= 0.6 is 15.9 Å². The van der Waals surface area contributed by atoms with Gasteiger partial charge >= 0.3 is 5.97 Å². The molecule has 0 unspecified atom stereocenters. The molecule has 2 aromatic heterocycles. The van der Waals surface area contributed by atoms with E-state index in [1.807, 2.05) is 0 Å². The van der Waals surface area contributed by atoms with E-state index >= 15 is 0 Å². The van der Waals surface area contributed by atoms with Gasteiger partial charge in [0.25, 0.3) is 0 Å². The summed E-state index contributed by atoms with van der Waals surface area (Å²) < 4.78 is 0.441. The summed E-state index contributed by atoms with van der Waals surface area (Å²) in [6, 6.07) is 1.64. The second-order valence-corrected chi connectivity index (χ2v) is 3.25. The Hall–Kier alpha value is -1.43. The molecule has 0 aliphatic carbocycles. The lowest BCUT2D eigenvalue weighted by atomic mass is 10.3. The Kier molecular flexibility index (Phi) is 1.77. The van der Waals surface area contributed by atoms with Gasteiger partial charge < -0.3 is 10.1 Å². The zero-order chi connectivity index (χ0) is 9.42. The summed E-state index contributed by atoms with van der Waals surface area (Å²) in [5, 5.41) is 8.73. The molecule has 0 saturated carbocycles. The fourth-order valence-corrected chi connectivity index (χ4v) is 1.48. The van der Waals surface area contributed by atoms with E-state index in [0.717, 1.165) is 0 Å². The Balaban J connectivity index is 2.76. The van der Waals surface area contributed by atoms with Crippen LogP contribution in [0, 0.1) is 0 Å². The molecule has 6 heteroatoms. The van der Waals surface area contributed by atoms with Crippen molar-refractivity contribution in [1.29, 1.82) is 0 Å². The lowest BCUT2D eigenvalue weighted by Gasteiger charge is -1.96. The quantitative estimate of drug-likeness (QED) is 0.792. The molecule has 2 rings (SSSR count). The second-order valence-electron chi connectivity index (χ2n) is 2.40. The van der Waals surface area contributed by atoms with E-state index in [2.05, 4.69) is 30.9 Å². The number of H-pyrrole nitrogens is 1. The number of carboxylic acids is 1. The van der Waals surface area contributed by atoms with Gasteiger partial charge in [-0.15, -0.1) is 0 Å². The number of aromatic nitrogens is 3. The van der Waals surface area contributed by atoms with Crippen LogP contribution in [0.15, 0.2) is 16.9 Å².